The predicted octanol–water partition coefficient (Wildman–Crippen LogP) is 5.31. The van der Waals surface area contributed by atoms with Crippen LogP contribution in [0.5, 0.6) is 5.75 Å². The number of ether oxygens (including phenoxy) is 1. The van der Waals surface area contributed by atoms with Gasteiger partial charge in [-0.05, 0) is 42.2 Å². The van der Waals surface area contributed by atoms with E-state index in [2.05, 4.69) is 32.9 Å². The van der Waals surface area contributed by atoms with Crippen LogP contribution in [0.4, 0.5) is 0 Å². The maximum Gasteiger partial charge on any atom is 0.122 e. The fraction of sp³-hybridized carbons (Fsp3) is 0.647. The fourth-order valence-electron chi connectivity index (χ4n) is 2.34. The number of hydrogen-bond acceptors (Lipinski definition) is 1. The standard InChI is InChI=1S/C17H27ClO/c1-17(2,3)11-7-8-14(13-18)12-15-9-5-6-10-16(15)19-4/h5-6,9-10,14H,7-8,11-13H2,1-4H3. The van der Waals surface area contributed by atoms with E-state index < -0.39 is 0 Å². The third kappa shape index (κ3) is 6.33. The average molecular weight is 283 g/mol. The largest absolute Gasteiger partial charge is 0.496 e. The summed E-state index contributed by atoms with van der Waals surface area (Å²) in [5, 5.41) is 0. The molecule has 0 aliphatic heterocycles. The second kappa shape index (κ2) is 7.79. The van der Waals surface area contributed by atoms with Crippen LogP contribution in [0, 0.1) is 11.3 Å². The molecule has 1 aromatic rings. The molecule has 19 heavy (non-hydrogen) atoms. The molecule has 0 N–H and O–H groups in total. The quantitative estimate of drug-likeness (QED) is 0.616. The van der Waals surface area contributed by atoms with Gasteiger partial charge in [-0.15, -0.1) is 11.6 Å². The number of benzene rings is 1. The van der Waals surface area contributed by atoms with Crippen molar-refractivity contribution in [3.63, 3.8) is 0 Å². The van der Waals surface area contributed by atoms with E-state index in [4.69, 9.17) is 16.3 Å². The average Bonchev–Trinajstić information content (AvgIpc) is 2.36. The molecule has 0 spiro atoms. The summed E-state index contributed by atoms with van der Waals surface area (Å²) in [5.41, 5.74) is 1.69. The first kappa shape index (κ1) is 16.4. The molecule has 0 amide bonds. The molecule has 0 heterocycles. The number of halogens is 1. The zero-order chi connectivity index (χ0) is 14.3. The van der Waals surface area contributed by atoms with Crippen molar-refractivity contribution in [1.82, 2.24) is 0 Å². The summed E-state index contributed by atoms with van der Waals surface area (Å²) in [7, 11) is 1.73. The molecule has 1 unspecified atom stereocenters. The summed E-state index contributed by atoms with van der Waals surface area (Å²) in [4.78, 5) is 0. The Bertz CT molecular complexity index is 368. The Morgan fingerprint density at radius 3 is 2.47 bits per heavy atom. The van der Waals surface area contributed by atoms with Crippen LogP contribution in [0.2, 0.25) is 0 Å². The van der Waals surface area contributed by atoms with E-state index >= 15 is 0 Å². The first-order chi connectivity index (χ1) is 8.96. The van der Waals surface area contributed by atoms with E-state index in [0.717, 1.165) is 18.1 Å². The third-order valence-electron chi connectivity index (χ3n) is 3.46. The van der Waals surface area contributed by atoms with E-state index in [-0.39, 0.29) is 0 Å². The molecule has 1 nitrogen and oxygen atoms in total. The molecule has 0 radical (unpaired) electrons. The van der Waals surface area contributed by atoms with Crippen molar-refractivity contribution in [2.45, 2.75) is 46.5 Å². The van der Waals surface area contributed by atoms with Gasteiger partial charge in [0.1, 0.15) is 5.75 Å². The molecule has 0 fully saturated rings. The van der Waals surface area contributed by atoms with Crippen LogP contribution in [0.1, 0.15) is 45.6 Å². The first-order valence-electron chi connectivity index (χ1n) is 7.14. The van der Waals surface area contributed by atoms with Gasteiger partial charge in [0.2, 0.25) is 0 Å². The minimum Gasteiger partial charge on any atom is -0.496 e. The van der Waals surface area contributed by atoms with Gasteiger partial charge >= 0.3 is 0 Å². The predicted molar refractivity (Wildman–Crippen MR) is 84.2 cm³/mol. The normalized spacial score (nSPS) is 13.3. The SMILES string of the molecule is COc1ccccc1CC(CCl)CCCC(C)(C)C. The van der Waals surface area contributed by atoms with Gasteiger partial charge in [-0.1, -0.05) is 45.4 Å². The summed E-state index contributed by atoms with van der Waals surface area (Å²) < 4.78 is 5.41. The van der Waals surface area contributed by atoms with Crippen LogP contribution < -0.4 is 4.74 Å². The Kier molecular flexibility index (Phi) is 6.71. The summed E-state index contributed by atoms with van der Waals surface area (Å²) in [6, 6.07) is 8.24. The first-order valence-corrected chi connectivity index (χ1v) is 7.67. The van der Waals surface area contributed by atoms with E-state index in [9.17, 15) is 0 Å². The number of hydrogen-bond donors (Lipinski definition) is 0. The summed E-state index contributed by atoms with van der Waals surface area (Å²) >= 11 is 6.12. The van der Waals surface area contributed by atoms with E-state index in [0.29, 0.717) is 11.3 Å². The van der Waals surface area contributed by atoms with Crippen molar-refractivity contribution in [2.24, 2.45) is 11.3 Å². The number of methoxy groups -OCH3 is 1. The topological polar surface area (TPSA) is 9.23 Å². The highest BCUT2D eigenvalue weighted by molar-refractivity contribution is 6.18. The highest BCUT2D eigenvalue weighted by Gasteiger charge is 2.14. The van der Waals surface area contributed by atoms with Crippen LogP contribution in [0.3, 0.4) is 0 Å². The van der Waals surface area contributed by atoms with Crippen LogP contribution in [-0.2, 0) is 6.42 Å². The van der Waals surface area contributed by atoms with Gasteiger partial charge in [0.05, 0.1) is 7.11 Å². The lowest BCUT2D eigenvalue weighted by Gasteiger charge is -2.20. The molecule has 0 aromatic heterocycles. The molecule has 0 aliphatic rings. The molecule has 0 saturated heterocycles. The third-order valence-corrected chi connectivity index (χ3v) is 3.89. The molecule has 1 aromatic carbocycles. The minimum atomic E-state index is 0.418. The van der Waals surface area contributed by atoms with Crippen LogP contribution in [-0.4, -0.2) is 13.0 Å². The Morgan fingerprint density at radius 2 is 1.89 bits per heavy atom. The van der Waals surface area contributed by atoms with Gasteiger partial charge < -0.3 is 4.74 Å². The van der Waals surface area contributed by atoms with E-state index in [1.807, 2.05) is 12.1 Å². The molecule has 2 heteroatoms. The zero-order valence-electron chi connectivity index (χ0n) is 12.7. The Labute approximate surface area is 123 Å². The molecular weight excluding hydrogens is 256 g/mol. The van der Waals surface area contributed by atoms with Gasteiger partial charge in [0.25, 0.3) is 0 Å². The fourth-order valence-corrected chi connectivity index (χ4v) is 2.60. The highest BCUT2D eigenvalue weighted by Crippen LogP contribution is 2.27. The van der Waals surface area contributed by atoms with Gasteiger partial charge in [0, 0.05) is 5.88 Å². The second-order valence-electron chi connectivity index (χ2n) is 6.49. The Morgan fingerprint density at radius 1 is 1.21 bits per heavy atom. The molecule has 0 bridgehead atoms. The number of alkyl halides is 1. The van der Waals surface area contributed by atoms with Crippen LogP contribution in [0.25, 0.3) is 0 Å². The molecule has 1 atom stereocenters. The number of para-hydroxylation sites is 1. The van der Waals surface area contributed by atoms with Gasteiger partial charge in [0.15, 0.2) is 0 Å². The van der Waals surface area contributed by atoms with Crippen molar-refractivity contribution in [3.8, 4) is 5.75 Å². The lowest BCUT2D eigenvalue weighted by atomic mass is 9.87. The Hall–Kier alpha value is -0.690. The molecule has 108 valence electrons. The molecular formula is C17H27ClO. The van der Waals surface area contributed by atoms with Crippen molar-refractivity contribution < 1.29 is 4.74 Å². The van der Waals surface area contributed by atoms with Crippen molar-refractivity contribution in [3.05, 3.63) is 29.8 Å². The zero-order valence-corrected chi connectivity index (χ0v) is 13.5. The van der Waals surface area contributed by atoms with Crippen molar-refractivity contribution in [2.75, 3.05) is 13.0 Å². The maximum absolute atomic E-state index is 6.12. The summed E-state index contributed by atoms with van der Waals surface area (Å²) in [6.07, 6.45) is 4.71. The Balaban J connectivity index is 2.52. The smallest absolute Gasteiger partial charge is 0.122 e. The minimum absolute atomic E-state index is 0.418. The van der Waals surface area contributed by atoms with Crippen LogP contribution in [0.15, 0.2) is 24.3 Å². The summed E-state index contributed by atoms with van der Waals surface area (Å²) in [5.74, 6) is 2.25. The highest BCUT2D eigenvalue weighted by atomic mass is 35.5. The van der Waals surface area contributed by atoms with Gasteiger partial charge in [-0.25, -0.2) is 0 Å². The van der Waals surface area contributed by atoms with Crippen LogP contribution >= 0.6 is 11.6 Å². The number of rotatable bonds is 7. The summed E-state index contributed by atoms with van der Waals surface area (Å²) in [6.45, 7) is 6.88. The van der Waals surface area contributed by atoms with Crippen molar-refractivity contribution in [1.29, 1.82) is 0 Å². The van der Waals surface area contributed by atoms with Gasteiger partial charge in [-0.3, -0.25) is 0 Å². The van der Waals surface area contributed by atoms with Gasteiger partial charge in [-0.2, -0.15) is 0 Å². The van der Waals surface area contributed by atoms with E-state index in [1.54, 1.807) is 7.11 Å². The molecule has 0 aliphatic carbocycles. The van der Waals surface area contributed by atoms with Crippen molar-refractivity contribution >= 4 is 11.6 Å². The van der Waals surface area contributed by atoms with E-state index in [1.165, 1.54) is 24.8 Å². The molecule has 0 saturated carbocycles. The second-order valence-corrected chi connectivity index (χ2v) is 6.80. The monoisotopic (exact) mass is 282 g/mol. The maximum atomic E-state index is 6.12. The lowest BCUT2D eigenvalue weighted by molar-refractivity contribution is 0.341. The lowest BCUT2D eigenvalue weighted by Crippen LogP contribution is -2.10. The molecule has 1 rings (SSSR count).